The van der Waals surface area contributed by atoms with Crippen molar-refractivity contribution in [1.29, 1.82) is 5.26 Å². The molecule has 2 aromatic carbocycles. The zero-order chi connectivity index (χ0) is 18.3. The summed E-state index contributed by atoms with van der Waals surface area (Å²) >= 11 is 0. The molecule has 0 amide bonds. The van der Waals surface area contributed by atoms with E-state index in [2.05, 4.69) is 11.2 Å². The molecule has 0 radical (unpaired) electrons. The van der Waals surface area contributed by atoms with Gasteiger partial charge in [0.05, 0.1) is 22.9 Å². The number of hydrogen-bond acceptors (Lipinski definition) is 5. The van der Waals surface area contributed by atoms with Crippen LogP contribution in [0.3, 0.4) is 0 Å². The van der Waals surface area contributed by atoms with Crippen LogP contribution < -0.4 is 10.5 Å². The quantitative estimate of drug-likeness (QED) is 0.744. The van der Waals surface area contributed by atoms with Crippen LogP contribution in [0.15, 0.2) is 66.1 Å². The van der Waals surface area contributed by atoms with Gasteiger partial charge in [-0.05, 0) is 36.8 Å². The lowest BCUT2D eigenvalue weighted by Crippen LogP contribution is -2.22. The van der Waals surface area contributed by atoms with Gasteiger partial charge in [-0.1, -0.05) is 30.3 Å². The Hall–Kier alpha value is -3.72. The van der Waals surface area contributed by atoms with Crippen molar-refractivity contribution in [2.45, 2.75) is 12.8 Å². The van der Waals surface area contributed by atoms with Crippen molar-refractivity contribution in [3.8, 4) is 23.4 Å². The molecule has 26 heavy (non-hydrogen) atoms. The minimum atomic E-state index is -0.401. The standard InChI is InChI=1S/C20H16N4O2/c1-12-17-18(13-7-9-15(25)10-8-13)16(11-21)19(22)26-20(17)24(23-12)14-5-3-2-4-6-14/h2-10,18,25H,22H2,1H3. The summed E-state index contributed by atoms with van der Waals surface area (Å²) in [5.41, 5.74) is 9.62. The number of phenols is 1. The van der Waals surface area contributed by atoms with Crippen LogP contribution in [0.2, 0.25) is 0 Å². The smallest absolute Gasteiger partial charge is 0.229 e. The van der Waals surface area contributed by atoms with E-state index in [1.165, 1.54) is 0 Å². The van der Waals surface area contributed by atoms with Gasteiger partial charge in [0.1, 0.15) is 17.4 Å². The van der Waals surface area contributed by atoms with Crippen molar-refractivity contribution < 1.29 is 9.84 Å². The number of allylic oxidation sites excluding steroid dienone is 1. The van der Waals surface area contributed by atoms with Crippen LogP contribution in [0.25, 0.3) is 5.69 Å². The lowest BCUT2D eigenvalue weighted by Gasteiger charge is -2.24. The maximum Gasteiger partial charge on any atom is 0.229 e. The Bertz CT molecular complexity index is 1040. The Morgan fingerprint density at radius 3 is 2.50 bits per heavy atom. The molecule has 128 valence electrons. The molecule has 1 aromatic heterocycles. The van der Waals surface area contributed by atoms with Crippen molar-refractivity contribution in [1.82, 2.24) is 9.78 Å². The number of nitrogens with two attached hydrogens (primary N) is 1. The van der Waals surface area contributed by atoms with Crippen molar-refractivity contribution in [3.63, 3.8) is 0 Å². The van der Waals surface area contributed by atoms with E-state index in [-0.39, 0.29) is 11.6 Å². The fraction of sp³-hybridized carbons (Fsp3) is 0.100. The van der Waals surface area contributed by atoms with Gasteiger partial charge in [-0.3, -0.25) is 0 Å². The summed E-state index contributed by atoms with van der Waals surface area (Å²) in [6, 6.07) is 18.5. The maximum atomic E-state index is 9.64. The zero-order valence-electron chi connectivity index (χ0n) is 14.0. The highest BCUT2D eigenvalue weighted by atomic mass is 16.5. The Morgan fingerprint density at radius 2 is 1.85 bits per heavy atom. The molecule has 1 aliphatic rings. The van der Waals surface area contributed by atoms with E-state index in [0.29, 0.717) is 11.5 Å². The van der Waals surface area contributed by atoms with Crippen LogP contribution in [0.1, 0.15) is 22.7 Å². The second-order valence-electron chi connectivity index (χ2n) is 6.07. The molecule has 4 rings (SSSR count). The lowest BCUT2D eigenvalue weighted by molar-refractivity contribution is 0.367. The maximum absolute atomic E-state index is 9.64. The van der Waals surface area contributed by atoms with Crippen molar-refractivity contribution in [3.05, 3.63) is 82.9 Å². The number of phenolic OH excluding ortho intramolecular Hbond substituents is 1. The largest absolute Gasteiger partial charge is 0.508 e. The average Bonchev–Trinajstić information content (AvgIpc) is 2.98. The molecular weight excluding hydrogens is 328 g/mol. The predicted molar refractivity (Wildman–Crippen MR) is 95.7 cm³/mol. The SMILES string of the molecule is Cc1nn(-c2ccccc2)c2c1C(c1ccc(O)cc1)C(C#N)=C(N)O2. The van der Waals surface area contributed by atoms with Crippen LogP contribution in [0, 0.1) is 18.3 Å². The van der Waals surface area contributed by atoms with Crippen LogP contribution in [-0.2, 0) is 0 Å². The third kappa shape index (κ3) is 2.38. The number of nitriles is 1. The average molecular weight is 344 g/mol. The first-order chi connectivity index (χ1) is 12.6. The first-order valence-corrected chi connectivity index (χ1v) is 8.11. The molecule has 6 nitrogen and oxygen atoms in total. The van der Waals surface area contributed by atoms with Crippen LogP contribution in [0.4, 0.5) is 0 Å². The lowest BCUT2D eigenvalue weighted by atomic mass is 9.84. The molecular formula is C20H16N4O2. The molecule has 1 aliphatic heterocycles. The summed E-state index contributed by atoms with van der Waals surface area (Å²) in [6.07, 6.45) is 0. The second-order valence-corrected chi connectivity index (χ2v) is 6.07. The number of fused-ring (bicyclic) bond motifs is 1. The molecule has 0 saturated carbocycles. The molecule has 0 aliphatic carbocycles. The number of aromatic nitrogens is 2. The fourth-order valence-electron chi connectivity index (χ4n) is 3.26. The monoisotopic (exact) mass is 344 g/mol. The van der Waals surface area contributed by atoms with E-state index >= 15 is 0 Å². The zero-order valence-corrected chi connectivity index (χ0v) is 14.0. The highest BCUT2D eigenvalue weighted by Gasteiger charge is 2.36. The third-order valence-electron chi connectivity index (χ3n) is 4.46. The number of aryl methyl sites for hydroxylation is 1. The highest BCUT2D eigenvalue weighted by molar-refractivity contribution is 5.57. The predicted octanol–water partition coefficient (Wildman–Crippen LogP) is 3.10. The van der Waals surface area contributed by atoms with E-state index in [1.54, 1.807) is 28.9 Å². The van der Waals surface area contributed by atoms with E-state index in [0.717, 1.165) is 22.5 Å². The van der Waals surface area contributed by atoms with Gasteiger partial charge in [-0.2, -0.15) is 10.4 Å². The van der Waals surface area contributed by atoms with E-state index in [4.69, 9.17) is 10.5 Å². The fourth-order valence-corrected chi connectivity index (χ4v) is 3.26. The molecule has 0 bridgehead atoms. The van der Waals surface area contributed by atoms with Crippen LogP contribution in [-0.4, -0.2) is 14.9 Å². The summed E-state index contributed by atoms with van der Waals surface area (Å²) in [5, 5.41) is 23.8. The minimum Gasteiger partial charge on any atom is -0.508 e. The summed E-state index contributed by atoms with van der Waals surface area (Å²) in [6.45, 7) is 1.88. The molecule has 2 heterocycles. The molecule has 0 fully saturated rings. The highest BCUT2D eigenvalue weighted by Crippen LogP contribution is 2.44. The number of benzene rings is 2. The number of aromatic hydroxyl groups is 1. The molecule has 1 atom stereocenters. The summed E-state index contributed by atoms with van der Waals surface area (Å²) in [7, 11) is 0. The van der Waals surface area contributed by atoms with E-state index in [9.17, 15) is 10.4 Å². The molecule has 3 N–H and O–H groups in total. The van der Waals surface area contributed by atoms with Gasteiger partial charge in [0.15, 0.2) is 0 Å². The molecule has 0 saturated heterocycles. The second kappa shape index (κ2) is 5.97. The number of nitrogens with zero attached hydrogens (tertiary/aromatic N) is 3. The normalized spacial score (nSPS) is 15.9. The number of rotatable bonds is 2. The van der Waals surface area contributed by atoms with Gasteiger partial charge in [-0.15, -0.1) is 0 Å². The number of para-hydroxylation sites is 1. The Labute approximate surface area is 150 Å². The van der Waals surface area contributed by atoms with E-state index < -0.39 is 5.92 Å². The van der Waals surface area contributed by atoms with Crippen LogP contribution >= 0.6 is 0 Å². The van der Waals surface area contributed by atoms with Crippen LogP contribution in [0.5, 0.6) is 11.6 Å². The summed E-state index contributed by atoms with van der Waals surface area (Å²) < 4.78 is 7.50. The van der Waals surface area contributed by atoms with Gasteiger partial charge in [0.2, 0.25) is 11.8 Å². The number of ether oxygens (including phenoxy) is 1. The van der Waals surface area contributed by atoms with Crippen molar-refractivity contribution >= 4 is 0 Å². The van der Waals surface area contributed by atoms with E-state index in [1.807, 2.05) is 37.3 Å². The Kier molecular flexibility index (Phi) is 3.63. The topological polar surface area (TPSA) is 97.1 Å². The molecule has 3 aromatic rings. The number of hydrogen-bond donors (Lipinski definition) is 2. The van der Waals surface area contributed by atoms with Gasteiger partial charge >= 0.3 is 0 Å². The van der Waals surface area contributed by atoms with Crippen molar-refractivity contribution in [2.24, 2.45) is 5.73 Å². The minimum absolute atomic E-state index is 0.0650. The Balaban J connectivity index is 1.95. The van der Waals surface area contributed by atoms with Gasteiger partial charge in [0.25, 0.3) is 0 Å². The van der Waals surface area contributed by atoms with Gasteiger partial charge in [0, 0.05) is 0 Å². The molecule has 0 spiro atoms. The first-order valence-electron chi connectivity index (χ1n) is 8.11. The third-order valence-corrected chi connectivity index (χ3v) is 4.46. The van der Waals surface area contributed by atoms with Crippen molar-refractivity contribution in [2.75, 3.05) is 0 Å². The first kappa shape index (κ1) is 15.8. The Morgan fingerprint density at radius 1 is 1.15 bits per heavy atom. The summed E-state index contributed by atoms with van der Waals surface area (Å²) in [5.74, 6) is 0.327. The molecule has 1 unspecified atom stereocenters. The molecule has 6 heteroatoms. The van der Waals surface area contributed by atoms with Gasteiger partial charge in [-0.25, -0.2) is 4.68 Å². The summed E-state index contributed by atoms with van der Waals surface area (Å²) in [4.78, 5) is 0. The van der Waals surface area contributed by atoms with Gasteiger partial charge < -0.3 is 15.6 Å².